The molecule has 3 rings (SSSR count). The maximum absolute atomic E-state index is 5.66. The van der Waals surface area contributed by atoms with Gasteiger partial charge in [-0.15, -0.1) is 0 Å². The largest absolute Gasteiger partial charge is 0.364 e. The van der Waals surface area contributed by atoms with Crippen LogP contribution in [0.2, 0.25) is 0 Å². The van der Waals surface area contributed by atoms with E-state index >= 15 is 0 Å². The smallest absolute Gasteiger partial charge is 0.122 e. The minimum atomic E-state index is 0.513. The van der Waals surface area contributed by atoms with Gasteiger partial charge in [-0.25, -0.2) is 4.98 Å². The number of aromatic amines is 1. The lowest BCUT2D eigenvalue weighted by Crippen LogP contribution is -2.14. The number of nitrogens with two attached hydrogens (primary N) is 1. The number of aryl methyl sites for hydroxylation is 2. The predicted molar refractivity (Wildman–Crippen MR) is 58.3 cm³/mol. The van der Waals surface area contributed by atoms with Gasteiger partial charge in [0.2, 0.25) is 0 Å². The summed E-state index contributed by atoms with van der Waals surface area (Å²) in [7, 11) is 0. The highest BCUT2D eigenvalue weighted by Crippen LogP contribution is 2.32. The lowest BCUT2D eigenvalue weighted by Gasteiger charge is -2.17. The highest BCUT2D eigenvalue weighted by Gasteiger charge is 2.21. The predicted octanol–water partition coefficient (Wildman–Crippen LogP) is 1.20. The first kappa shape index (κ1) is 8.73. The van der Waals surface area contributed by atoms with Crippen LogP contribution < -0.4 is 5.73 Å². The van der Waals surface area contributed by atoms with E-state index in [1.807, 2.05) is 6.20 Å². The molecule has 3 heterocycles. The molecule has 0 spiro atoms. The highest BCUT2D eigenvalue weighted by molar-refractivity contribution is 5.68. The first-order valence-corrected chi connectivity index (χ1v) is 5.23. The molecule has 1 aliphatic rings. The summed E-state index contributed by atoms with van der Waals surface area (Å²) in [6, 6.07) is 0. The van der Waals surface area contributed by atoms with E-state index in [0.29, 0.717) is 6.54 Å². The molecule has 0 atom stereocenters. The zero-order chi connectivity index (χ0) is 10.4. The minimum absolute atomic E-state index is 0.513. The lowest BCUT2D eigenvalue weighted by molar-refractivity contribution is 0.644. The van der Waals surface area contributed by atoms with Gasteiger partial charge in [0.05, 0.1) is 18.4 Å². The van der Waals surface area contributed by atoms with Gasteiger partial charge < -0.3 is 15.3 Å². The summed E-state index contributed by atoms with van der Waals surface area (Å²) in [5.41, 5.74) is 10.8. The second-order valence-electron chi connectivity index (χ2n) is 3.98. The van der Waals surface area contributed by atoms with Gasteiger partial charge in [-0.05, 0) is 18.9 Å². The van der Waals surface area contributed by atoms with Crippen LogP contribution in [0.1, 0.15) is 17.1 Å². The van der Waals surface area contributed by atoms with E-state index in [-0.39, 0.29) is 0 Å². The van der Waals surface area contributed by atoms with Crippen LogP contribution in [0.3, 0.4) is 0 Å². The van der Waals surface area contributed by atoms with Crippen molar-refractivity contribution in [1.29, 1.82) is 0 Å². The number of hydrogen-bond donors (Lipinski definition) is 2. The standard InChI is InChI=1S/C11H14N4/c1-7-11-8(5-13-7)2-3-15-9(11)6-14-10(15)4-12/h5-6,13H,2-4,12H2,1H3. The summed E-state index contributed by atoms with van der Waals surface area (Å²) >= 11 is 0. The molecule has 15 heavy (non-hydrogen) atoms. The van der Waals surface area contributed by atoms with Gasteiger partial charge in [0.1, 0.15) is 5.82 Å². The van der Waals surface area contributed by atoms with E-state index in [1.165, 1.54) is 22.5 Å². The van der Waals surface area contributed by atoms with Crippen LogP contribution in [-0.2, 0) is 19.5 Å². The van der Waals surface area contributed by atoms with Crippen molar-refractivity contribution in [1.82, 2.24) is 14.5 Å². The highest BCUT2D eigenvalue weighted by atomic mass is 15.1. The Labute approximate surface area is 88.1 Å². The second kappa shape index (κ2) is 2.97. The van der Waals surface area contributed by atoms with Crippen LogP contribution in [0, 0.1) is 6.92 Å². The topological polar surface area (TPSA) is 59.6 Å². The SMILES string of the molecule is Cc1[nH]cc2c1-c1cnc(CN)n1CC2. The van der Waals surface area contributed by atoms with Crippen LogP contribution in [0.5, 0.6) is 0 Å². The van der Waals surface area contributed by atoms with Gasteiger partial charge in [0, 0.05) is 24.0 Å². The van der Waals surface area contributed by atoms with Gasteiger partial charge in [-0.2, -0.15) is 0 Å². The number of nitrogens with one attached hydrogen (secondary N) is 1. The first-order valence-electron chi connectivity index (χ1n) is 5.23. The van der Waals surface area contributed by atoms with Gasteiger partial charge >= 0.3 is 0 Å². The van der Waals surface area contributed by atoms with Crippen LogP contribution >= 0.6 is 0 Å². The lowest BCUT2D eigenvalue weighted by atomic mass is 10.0. The fourth-order valence-corrected chi connectivity index (χ4v) is 2.39. The van der Waals surface area contributed by atoms with E-state index in [0.717, 1.165) is 18.8 Å². The number of hydrogen-bond acceptors (Lipinski definition) is 2. The molecule has 0 saturated heterocycles. The summed E-state index contributed by atoms with van der Waals surface area (Å²) in [4.78, 5) is 7.63. The number of aromatic nitrogens is 3. The molecule has 4 nitrogen and oxygen atoms in total. The van der Waals surface area contributed by atoms with Crippen molar-refractivity contribution >= 4 is 0 Å². The molecule has 0 bridgehead atoms. The Hall–Kier alpha value is -1.55. The molecule has 0 aromatic carbocycles. The molecule has 0 aliphatic carbocycles. The Bertz CT molecular complexity index is 507. The molecular weight excluding hydrogens is 188 g/mol. The minimum Gasteiger partial charge on any atom is -0.364 e. The van der Waals surface area contributed by atoms with Crippen molar-refractivity contribution in [2.45, 2.75) is 26.4 Å². The zero-order valence-electron chi connectivity index (χ0n) is 8.75. The van der Waals surface area contributed by atoms with Gasteiger partial charge in [0.25, 0.3) is 0 Å². The fourth-order valence-electron chi connectivity index (χ4n) is 2.39. The maximum Gasteiger partial charge on any atom is 0.122 e. The Balaban J connectivity index is 2.25. The van der Waals surface area contributed by atoms with E-state index < -0.39 is 0 Å². The number of H-pyrrole nitrogens is 1. The van der Waals surface area contributed by atoms with Crippen molar-refractivity contribution in [3.8, 4) is 11.3 Å². The zero-order valence-corrected chi connectivity index (χ0v) is 8.75. The molecule has 1 aliphatic heterocycles. The van der Waals surface area contributed by atoms with Gasteiger partial charge in [0.15, 0.2) is 0 Å². The molecule has 0 radical (unpaired) electrons. The van der Waals surface area contributed by atoms with Crippen molar-refractivity contribution in [3.05, 3.63) is 29.5 Å². The molecule has 0 amide bonds. The number of imidazole rings is 1. The summed E-state index contributed by atoms with van der Waals surface area (Å²) in [6.07, 6.45) is 5.10. The molecule has 3 N–H and O–H groups in total. The van der Waals surface area contributed by atoms with Crippen LogP contribution in [0.15, 0.2) is 12.4 Å². The third kappa shape index (κ3) is 1.08. The van der Waals surface area contributed by atoms with Crippen molar-refractivity contribution in [2.75, 3.05) is 0 Å². The third-order valence-electron chi connectivity index (χ3n) is 3.14. The molecule has 0 saturated carbocycles. The second-order valence-corrected chi connectivity index (χ2v) is 3.98. The van der Waals surface area contributed by atoms with Crippen LogP contribution in [-0.4, -0.2) is 14.5 Å². The van der Waals surface area contributed by atoms with Crippen LogP contribution in [0.4, 0.5) is 0 Å². The van der Waals surface area contributed by atoms with Crippen molar-refractivity contribution in [3.63, 3.8) is 0 Å². The molecule has 0 fully saturated rings. The average molecular weight is 202 g/mol. The summed E-state index contributed by atoms with van der Waals surface area (Å²) < 4.78 is 2.23. The Morgan fingerprint density at radius 3 is 3.27 bits per heavy atom. The summed E-state index contributed by atoms with van der Waals surface area (Å²) in [5, 5.41) is 0. The number of nitrogens with zero attached hydrogens (tertiary/aromatic N) is 2. The van der Waals surface area contributed by atoms with E-state index in [9.17, 15) is 0 Å². The number of fused-ring (bicyclic) bond motifs is 3. The third-order valence-corrected chi connectivity index (χ3v) is 3.14. The Kier molecular flexibility index (Phi) is 1.73. The first-order chi connectivity index (χ1) is 7.31. The summed E-state index contributed by atoms with van der Waals surface area (Å²) in [5.74, 6) is 0.983. The molecule has 78 valence electrons. The maximum atomic E-state index is 5.66. The monoisotopic (exact) mass is 202 g/mol. The van der Waals surface area contributed by atoms with Crippen LogP contribution in [0.25, 0.3) is 11.3 Å². The van der Waals surface area contributed by atoms with Crippen molar-refractivity contribution in [2.24, 2.45) is 5.73 Å². The Morgan fingerprint density at radius 2 is 2.47 bits per heavy atom. The fraction of sp³-hybridized carbons (Fsp3) is 0.364. The Morgan fingerprint density at radius 1 is 1.60 bits per heavy atom. The van der Waals surface area contributed by atoms with Gasteiger partial charge in [-0.1, -0.05) is 0 Å². The van der Waals surface area contributed by atoms with Gasteiger partial charge in [-0.3, -0.25) is 0 Å². The summed E-state index contributed by atoms with van der Waals surface area (Å²) in [6.45, 7) is 3.61. The van der Waals surface area contributed by atoms with E-state index in [1.54, 1.807) is 0 Å². The average Bonchev–Trinajstić information content (AvgIpc) is 2.81. The normalized spacial score (nSPS) is 13.7. The van der Waals surface area contributed by atoms with E-state index in [2.05, 4.69) is 27.7 Å². The molecular formula is C11H14N4. The molecule has 2 aromatic heterocycles. The van der Waals surface area contributed by atoms with E-state index in [4.69, 9.17) is 5.73 Å². The molecule has 2 aromatic rings. The quantitative estimate of drug-likeness (QED) is 0.730. The number of rotatable bonds is 1. The molecule has 0 unspecified atom stereocenters. The van der Waals surface area contributed by atoms with Crippen molar-refractivity contribution < 1.29 is 0 Å². The molecule has 4 heteroatoms.